The first-order valence-electron chi connectivity index (χ1n) is 6.43. The minimum Gasteiger partial charge on any atom is -0.397 e. The minimum absolute atomic E-state index is 0.0300. The van der Waals surface area contributed by atoms with Crippen LogP contribution in [0.25, 0.3) is 0 Å². The number of hydrogen-bond acceptors (Lipinski definition) is 5. The van der Waals surface area contributed by atoms with Crippen molar-refractivity contribution < 1.29 is 13.5 Å². The van der Waals surface area contributed by atoms with Crippen LogP contribution in [0.15, 0.2) is 23.1 Å². The molecule has 0 fully saturated rings. The Hall–Kier alpha value is -1.31. The second-order valence-electron chi connectivity index (χ2n) is 5.64. The van der Waals surface area contributed by atoms with E-state index in [2.05, 4.69) is 19.2 Å². The maximum atomic E-state index is 11.3. The number of primary sulfonamides is 1. The van der Waals surface area contributed by atoms with Gasteiger partial charge in [0.05, 0.1) is 16.3 Å². The molecule has 0 saturated heterocycles. The highest BCUT2D eigenvalue weighted by Crippen LogP contribution is 2.26. The van der Waals surface area contributed by atoms with E-state index in [0.717, 1.165) is 12.8 Å². The number of nitrogens with one attached hydrogen (secondary N) is 1. The average Bonchev–Trinajstić information content (AvgIpc) is 2.34. The molecule has 0 saturated carbocycles. The van der Waals surface area contributed by atoms with Gasteiger partial charge in [0.1, 0.15) is 0 Å². The van der Waals surface area contributed by atoms with Crippen molar-refractivity contribution in [2.75, 3.05) is 24.2 Å². The summed E-state index contributed by atoms with van der Waals surface area (Å²) in [6.07, 6.45) is 1.58. The van der Waals surface area contributed by atoms with Crippen molar-refractivity contribution in [3.05, 3.63) is 18.2 Å². The van der Waals surface area contributed by atoms with Gasteiger partial charge in [-0.15, -0.1) is 0 Å². The van der Waals surface area contributed by atoms with Crippen LogP contribution in [-0.4, -0.2) is 26.7 Å². The second-order valence-corrected chi connectivity index (χ2v) is 7.20. The Kier molecular flexibility index (Phi) is 5.38. The summed E-state index contributed by atoms with van der Waals surface area (Å²) in [5, 5.41) is 17.1. The lowest BCUT2D eigenvalue weighted by Gasteiger charge is -2.25. The lowest BCUT2D eigenvalue weighted by Crippen LogP contribution is -2.24. The molecular formula is C13H23N3O3S. The number of aliphatic hydroxyl groups is 1. The van der Waals surface area contributed by atoms with Gasteiger partial charge >= 0.3 is 0 Å². The maximum Gasteiger partial charge on any atom is 0.238 e. The van der Waals surface area contributed by atoms with Gasteiger partial charge in [0.15, 0.2) is 0 Å². The zero-order chi connectivity index (χ0) is 15.4. The average molecular weight is 301 g/mol. The normalized spacial score (nSPS) is 12.4. The molecule has 6 N–H and O–H groups in total. The quantitative estimate of drug-likeness (QED) is 0.563. The molecule has 0 spiro atoms. The molecular weight excluding hydrogens is 278 g/mol. The number of nitrogens with two attached hydrogens (primary N) is 2. The number of rotatable bonds is 7. The van der Waals surface area contributed by atoms with Crippen molar-refractivity contribution in [1.29, 1.82) is 0 Å². The predicted octanol–water partition coefficient (Wildman–Crippen LogP) is 1.13. The molecule has 114 valence electrons. The summed E-state index contributed by atoms with van der Waals surface area (Å²) in [6, 6.07) is 4.34. The number of sulfonamides is 1. The van der Waals surface area contributed by atoms with Crippen LogP contribution in [-0.2, 0) is 10.0 Å². The van der Waals surface area contributed by atoms with E-state index in [0.29, 0.717) is 17.9 Å². The Balaban J connectivity index is 2.82. The van der Waals surface area contributed by atoms with Gasteiger partial charge in [0, 0.05) is 13.2 Å². The molecule has 0 heterocycles. The molecule has 1 aromatic carbocycles. The van der Waals surface area contributed by atoms with E-state index in [1.165, 1.54) is 18.2 Å². The lowest BCUT2D eigenvalue weighted by molar-refractivity contribution is 0.248. The van der Waals surface area contributed by atoms with Gasteiger partial charge in [-0.2, -0.15) is 0 Å². The number of hydrogen-bond donors (Lipinski definition) is 4. The summed E-state index contributed by atoms with van der Waals surface area (Å²) in [7, 11) is -3.74. The van der Waals surface area contributed by atoms with Crippen molar-refractivity contribution in [2.24, 2.45) is 10.6 Å². The summed E-state index contributed by atoms with van der Waals surface area (Å²) in [4.78, 5) is 0.0300. The molecule has 0 bridgehead atoms. The molecule has 0 radical (unpaired) electrons. The van der Waals surface area contributed by atoms with Crippen molar-refractivity contribution in [1.82, 2.24) is 0 Å². The van der Waals surface area contributed by atoms with Crippen molar-refractivity contribution in [3.63, 3.8) is 0 Å². The highest BCUT2D eigenvalue weighted by atomic mass is 32.2. The molecule has 0 unspecified atom stereocenters. The molecule has 0 aromatic heterocycles. The fourth-order valence-electron chi connectivity index (χ4n) is 1.85. The van der Waals surface area contributed by atoms with Gasteiger partial charge in [-0.1, -0.05) is 13.8 Å². The summed E-state index contributed by atoms with van der Waals surface area (Å²) in [5.74, 6) is 0. The Morgan fingerprint density at radius 3 is 2.55 bits per heavy atom. The Labute approximate surface area is 120 Å². The van der Waals surface area contributed by atoms with Crippen LogP contribution in [0.1, 0.15) is 26.7 Å². The molecule has 20 heavy (non-hydrogen) atoms. The van der Waals surface area contributed by atoms with Crippen molar-refractivity contribution in [3.8, 4) is 0 Å². The van der Waals surface area contributed by atoms with Crippen LogP contribution >= 0.6 is 0 Å². The van der Waals surface area contributed by atoms with Gasteiger partial charge in [0.2, 0.25) is 10.0 Å². The third-order valence-electron chi connectivity index (χ3n) is 3.12. The van der Waals surface area contributed by atoms with Gasteiger partial charge in [0.25, 0.3) is 0 Å². The SMILES string of the molecule is CC(C)(CCCO)CNc1cc(S(N)(=O)=O)ccc1N. The largest absolute Gasteiger partial charge is 0.397 e. The van der Waals surface area contributed by atoms with Gasteiger partial charge in [-0.05, 0) is 36.5 Å². The van der Waals surface area contributed by atoms with Crippen molar-refractivity contribution in [2.45, 2.75) is 31.6 Å². The highest BCUT2D eigenvalue weighted by molar-refractivity contribution is 7.89. The standard InChI is InChI=1S/C13H23N3O3S/c1-13(2,6-3-7-17)9-16-12-8-10(20(15,18)19)4-5-11(12)14/h4-5,8,16-17H,3,6-7,9,14H2,1-2H3,(H2,15,18,19). The molecule has 0 aliphatic rings. The molecule has 0 aliphatic heterocycles. The molecule has 0 amide bonds. The van der Waals surface area contributed by atoms with E-state index in [9.17, 15) is 8.42 Å². The Morgan fingerprint density at radius 2 is 2.00 bits per heavy atom. The van der Waals surface area contributed by atoms with Gasteiger partial charge in [-0.25, -0.2) is 13.6 Å². The summed E-state index contributed by atoms with van der Waals surface area (Å²) < 4.78 is 22.6. The summed E-state index contributed by atoms with van der Waals surface area (Å²) >= 11 is 0. The Bertz CT molecular complexity index is 556. The first-order chi connectivity index (χ1) is 9.15. The van der Waals surface area contributed by atoms with E-state index in [1.807, 2.05) is 0 Å². The molecule has 1 aromatic rings. The number of nitrogen functional groups attached to an aromatic ring is 1. The second kappa shape index (κ2) is 6.43. The number of aliphatic hydroxyl groups excluding tert-OH is 1. The van der Waals surface area contributed by atoms with Gasteiger partial charge < -0.3 is 16.2 Å². The number of benzene rings is 1. The monoisotopic (exact) mass is 301 g/mol. The minimum atomic E-state index is -3.74. The van der Waals surface area contributed by atoms with E-state index >= 15 is 0 Å². The summed E-state index contributed by atoms with van der Waals surface area (Å²) in [6.45, 7) is 4.91. The number of anilines is 2. The van der Waals surface area contributed by atoms with Crippen molar-refractivity contribution >= 4 is 21.4 Å². The first-order valence-corrected chi connectivity index (χ1v) is 7.97. The zero-order valence-electron chi connectivity index (χ0n) is 11.9. The van der Waals surface area contributed by atoms with Crippen LogP contribution in [0.5, 0.6) is 0 Å². The zero-order valence-corrected chi connectivity index (χ0v) is 12.7. The molecule has 6 nitrogen and oxygen atoms in total. The lowest BCUT2D eigenvalue weighted by atomic mass is 9.88. The third kappa shape index (κ3) is 4.99. The topological polar surface area (TPSA) is 118 Å². The van der Waals surface area contributed by atoms with Crippen LogP contribution < -0.4 is 16.2 Å². The molecule has 0 aliphatic carbocycles. The van der Waals surface area contributed by atoms with E-state index in [1.54, 1.807) is 0 Å². The third-order valence-corrected chi connectivity index (χ3v) is 4.03. The van der Waals surface area contributed by atoms with E-state index in [-0.39, 0.29) is 16.9 Å². The van der Waals surface area contributed by atoms with Gasteiger partial charge in [-0.3, -0.25) is 0 Å². The van der Waals surface area contributed by atoms with Crippen LogP contribution in [0.2, 0.25) is 0 Å². The van der Waals surface area contributed by atoms with Crippen LogP contribution in [0.3, 0.4) is 0 Å². The van der Waals surface area contributed by atoms with E-state index < -0.39 is 10.0 Å². The molecule has 1 rings (SSSR count). The van der Waals surface area contributed by atoms with Crippen LogP contribution in [0, 0.1) is 5.41 Å². The van der Waals surface area contributed by atoms with E-state index in [4.69, 9.17) is 16.0 Å². The fraction of sp³-hybridized carbons (Fsp3) is 0.538. The Morgan fingerprint density at radius 1 is 1.35 bits per heavy atom. The van der Waals surface area contributed by atoms with Crippen LogP contribution in [0.4, 0.5) is 11.4 Å². The summed E-state index contributed by atoms with van der Waals surface area (Å²) in [5.41, 5.74) is 6.81. The smallest absolute Gasteiger partial charge is 0.238 e. The highest BCUT2D eigenvalue weighted by Gasteiger charge is 2.18. The first kappa shape index (κ1) is 16.7. The predicted molar refractivity (Wildman–Crippen MR) is 80.8 cm³/mol. The molecule has 0 atom stereocenters. The fourth-order valence-corrected chi connectivity index (χ4v) is 2.39. The maximum absolute atomic E-state index is 11.3. The molecule has 7 heteroatoms.